The summed E-state index contributed by atoms with van der Waals surface area (Å²) in [6.45, 7) is 1.63. The minimum absolute atomic E-state index is 0.0259. The van der Waals surface area contributed by atoms with Gasteiger partial charge in [0, 0.05) is 25.0 Å². The highest BCUT2D eigenvalue weighted by atomic mass is 16.5. The summed E-state index contributed by atoms with van der Waals surface area (Å²) < 4.78 is 4.78. The van der Waals surface area contributed by atoms with Crippen molar-refractivity contribution < 1.29 is 24.5 Å². The number of amides is 2. The van der Waals surface area contributed by atoms with Crippen molar-refractivity contribution in [2.75, 3.05) is 40.0 Å². The number of aliphatic hydroxyl groups excluding tert-OH is 2. The lowest BCUT2D eigenvalue weighted by molar-refractivity contribution is -0.137. The molecule has 1 saturated carbocycles. The van der Waals surface area contributed by atoms with Crippen molar-refractivity contribution in [2.24, 2.45) is 17.3 Å². The Morgan fingerprint density at radius 3 is 2.36 bits per heavy atom. The average molecular weight is 312 g/mol. The number of rotatable bonds is 3. The molecule has 0 aromatic carbocycles. The molecule has 3 atom stereocenters. The van der Waals surface area contributed by atoms with E-state index in [0.29, 0.717) is 26.1 Å². The van der Waals surface area contributed by atoms with Gasteiger partial charge in [0.1, 0.15) is 6.04 Å². The van der Waals surface area contributed by atoms with Gasteiger partial charge in [0.25, 0.3) is 0 Å². The van der Waals surface area contributed by atoms with E-state index in [2.05, 4.69) is 0 Å². The fourth-order valence-electron chi connectivity index (χ4n) is 4.27. The Labute approximate surface area is 129 Å². The summed E-state index contributed by atoms with van der Waals surface area (Å²) in [6, 6.07) is -0.434. The highest BCUT2D eigenvalue weighted by Crippen LogP contribution is 2.62. The molecule has 3 aliphatic rings. The molecule has 2 amide bonds. The molecule has 7 heteroatoms. The summed E-state index contributed by atoms with van der Waals surface area (Å²) in [4.78, 5) is 27.9. The SMILES string of the molecule is COC(=O)N1CCCCC1C(=O)N1CC2C(C1)C2(CO)CO. The van der Waals surface area contributed by atoms with Crippen LogP contribution in [0.15, 0.2) is 0 Å². The van der Waals surface area contributed by atoms with Crippen molar-refractivity contribution in [3.8, 4) is 0 Å². The van der Waals surface area contributed by atoms with E-state index in [0.717, 1.165) is 12.8 Å². The van der Waals surface area contributed by atoms with Gasteiger partial charge in [0.2, 0.25) is 5.91 Å². The fraction of sp³-hybridized carbons (Fsp3) is 0.867. The van der Waals surface area contributed by atoms with Crippen molar-refractivity contribution in [1.82, 2.24) is 9.80 Å². The minimum atomic E-state index is -0.442. The zero-order chi connectivity index (χ0) is 15.9. The number of likely N-dealkylation sites (tertiary alicyclic amines) is 2. The van der Waals surface area contributed by atoms with Crippen LogP contribution in [0.2, 0.25) is 0 Å². The first-order valence-electron chi connectivity index (χ1n) is 7.94. The van der Waals surface area contributed by atoms with Gasteiger partial charge in [-0.2, -0.15) is 0 Å². The first-order chi connectivity index (χ1) is 10.6. The summed E-state index contributed by atoms with van der Waals surface area (Å²) in [5, 5.41) is 18.9. The standard InChI is InChI=1S/C15H24N2O5/c1-22-14(21)17-5-3-2-4-12(17)13(20)16-6-10-11(7-16)15(10,8-18)9-19/h10-12,18-19H,2-9H2,1H3. The predicted molar refractivity (Wildman–Crippen MR) is 76.9 cm³/mol. The number of carbonyl (C=O) groups is 2. The Kier molecular flexibility index (Phi) is 4.03. The zero-order valence-corrected chi connectivity index (χ0v) is 12.9. The van der Waals surface area contributed by atoms with Crippen LogP contribution in [0.5, 0.6) is 0 Å². The molecule has 22 heavy (non-hydrogen) atoms. The molecular weight excluding hydrogens is 288 g/mol. The largest absolute Gasteiger partial charge is 0.453 e. The van der Waals surface area contributed by atoms with Gasteiger partial charge in [-0.1, -0.05) is 0 Å². The van der Waals surface area contributed by atoms with E-state index < -0.39 is 17.6 Å². The van der Waals surface area contributed by atoms with E-state index >= 15 is 0 Å². The van der Waals surface area contributed by atoms with Gasteiger partial charge in [-0.15, -0.1) is 0 Å². The maximum absolute atomic E-state index is 12.7. The highest BCUT2D eigenvalue weighted by Gasteiger charge is 2.68. The average Bonchev–Trinajstić information content (AvgIpc) is 2.92. The monoisotopic (exact) mass is 312 g/mol. The molecule has 3 fully saturated rings. The van der Waals surface area contributed by atoms with Crippen LogP contribution in [0.1, 0.15) is 19.3 Å². The van der Waals surface area contributed by atoms with Gasteiger partial charge in [0.15, 0.2) is 0 Å². The van der Waals surface area contributed by atoms with Crippen molar-refractivity contribution >= 4 is 12.0 Å². The van der Waals surface area contributed by atoms with E-state index in [9.17, 15) is 19.8 Å². The number of piperidine rings is 2. The molecule has 2 aliphatic heterocycles. The maximum atomic E-state index is 12.7. The fourth-order valence-corrected chi connectivity index (χ4v) is 4.27. The number of hydrogen-bond acceptors (Lipinski definition) is 5. The van der Waals surface area contributed by atoms with Crippen LogP contribution >= 0.6 is 0 Å². The Balaban J connectivity index is 1.64. The Hall–Kier alpha value is -1.34. The summed E-state index contributed by atoms with van der Waals surface area (Å²) in [5.74, 6) is 0.338. The molecule has 2 N–H and O–H groups in total. The summed E-state index contributed by atoms with van der Waals surface area (Å²) in [5.41, 5.74) is -0.397. The van der Waals surface area contributed by atoms with E-state index in [1.54, 1.807) is 4.90 Å². The topological polar surface area (TPSA) is 90.3 Å². The number of aliphatic hydroxyl groups is 2. The maximum Gasteiger partial charge on any atom is 0.410 e. The van der Waals surface area contributed by atoms with Gasteiger partial charge >= 0.3 is 6.09 Å². The molecule has 0 aromatic rings. The Morgan fingerprint density at radius 2 is 1.82 bits per heavy atom. The summed E-state index contributed by atoms with van der Waals surface area (Å²) in [7, 11) is 1.33. The van der Waals surface area contributed by atoms with Crippen LogP contribution in [0, 0.1) is 17.3 Å². The lowest BCUT2D eigenvalue weighted by atomic mass is 9.99. The van der Waals surface area contributed by atoms with Crippen molar-refractivity contribution in [2.45, 2.75) is 25.3 Å². The predicted octanol–water partition coefficient (Wildman–Crippen LogP) is -0.333. The molecule has 0 aromatic heterocycles. The van der Waals surface area contributed by atoms with Gasteiger partial charge < -0.3 is 19.8 Å². The molecule has 2 saturated heterocycles. The third-order valence-electron chi connectivity index (χ3n) is 5.79. The molecule has 2 heterocycles. The quantitative estimate of drug-likeness (QED) is 0.744. The number of carbonyl (C=O) groups excluding carboxylic acids is 2. The Morgan fingerprint density at radius 1 is 1.18 bits per heavy atom. The van der Waals surface area contributed by atoms with Crippen LogP contribution in [0.3, 0.4) is 0 Å². The molecule has 124 valence electrons. The normalized spacial score (nSPS) is 32.6. The molecule has 0 radical (unpaired) electrons. The van der Waals surface area contributed by atoms with Crippen molar-refractivity contribution in [1.29, 1.82) is 0 Å². The van der Waals surface area contributed by atoms with Crippen LogP contribution in [-0.4, -0.2) is 78.0 Å². The van der Waals surface area contributed by atoms with Gasteiger partial charge in [-0.05, 0) is 31.1 Å². The number of nitrogens with zero attached hydrogens (tertiary/aromatic N) is 2. The molecule has 1 aliphatic carbocycles. The second-order valence-electron chi connectivity index (χ2n) is 6.68. The molecule has 3 unspecified atom stereocenters. The molecular formula is C15H24N2O5. The highest BCUT2D eigenvalue weighted by molar-refractivity contribution is 5.86. The van der Waals surface area contributed by atoms with E-state index in [-0.39, 0.29) is 31.0 Å². The number of methoxy groups -OCH3 is 1. The second-order valence-corrected chi connectivity index (χ2v) is 6.68. The number of fused-ring (bicyclic) bond motifs is 1. The first-order valence-corrected chi connectivity index (χ1v) is 7.94. The van der Waals surface area contributed by atoms with Crippen LogP contribution in [0.25, 0.3) is 0 Å². The van der Waals surface area contributed by atoms with Crippen LogP contribution in [0.4, 0.5) is 4.79 Å². The number of hydrogen-bond donors (Lipinski definition) is 2. The number of ether oxygens (including phenoxy) is 1. The Bertz CT molecular complexity index is 451. The van der Waals surface area contributed by atoms with Gasteiger partial charge in [0.05, 0.1) is 20.3 Å². The van der Waals surface area contributed by atoms with Crippen molar-refractivity contribution in [3.05, 3.63) is 0 Å². The van der Waals surface area contributed by atoms with Gasteiger partial charge in [-0.25, -0.2) is 4.79 Å². The van der Waals surface area contributed by atoms with Crippen molar-refractivity contribution in [3.63, 3.8) is 0 Å². The lowest BCUT2D eigenvalue weighted by Gasteiger charge is -2.36. The van der Waals surface area contributed by atoms with Crippen LogP contribution in [-0.2, 0) is 9.53 Å². The third kappa shape index (κ3) is 2.18. The first kappa shape index (κ1) is 15.6. The van der Waals surface area contributed by atoms with Gasteiger partial charge in [-0.3, -0.25) is 9.69 Å². The smallest absolute Gasteiger partial charge is 0.410 e. The molecule has 7 nitrogen and oxygen atoms in total. The minimum Gasteiger partial charge on any atom is -0.453 e. The lowest BCUT2D eigenvalue weighted by Crippen LogP contribution is -2.53. The van der Waals surface area contributed by atoms with E-state index in [1.807, 2.05) is 0 Å². The zero-order valence-electron chi connectivity index (χ0n) is 12.9. The summed E-state index contributed by atoms with van der Waals surface area (Å²) >= 11 is 0. The van der Waals surface area contributed by atoms with Crippen LogP contribution < -0.4 is 0 Å². The molecule has 0 bridgehead atoms. The third-order valence-corrected chi connectivity index (χ3v) is 5.79. The van der Waals surface area contributed by atoms with E-state index in [1.165, 1.54) is 12.0 Å². The summed E-state index contributed by atoms with van der Waals surface area (Å²) in [6.07, 6.45) is 2.05. The second kappa shape index (κ2) is 5.70. The molecule has 0 spiro atoms. The molecule has 3 rings (SSSR count). The van der Waals surface area contributed by atoms with E-state index in [4.69, 9.17) is 4.74 Å².